The van der Waals surface area contributed by atoms with Crippen LogP contribution in [0.3, 0.4) is 0 Å². The first-order chi connectivity index (χ1) is 29.1. The zero-order chi connectivity index (χ0) is 41.1. The zero-order valence-electron chi connectivity index (χ0n) is 33.7. The zero-order valence-corrected chi connectivity index (χ0v) is 33.7. The number of aromatic hydroxyl groups is 1. The molecule has 6 aliphatic rings. The van der Waals surface area contributed by atoms with Gasteiger partial charge >= 0.3 is 0 Å². The number of nitrogens with one attached hydrogen (secondary N) is 1. The number of phenolic OH excluding ortho intramolecular Hbond substituents is 1. The number of nitrogens with zero attached hydrogens (tertiary/aromatic N) is 3. The number of phenols is 1. The van der Waals surface area contributed by atoms with E-state index >= 15 is 0 Å². The summed E-state index contributed by atoms with van der Waals surface area (Å²) in [6, 6.07) is 27.8. The van der Waals surface area contributed by atoms with Crippen LogP contribution in [0.15, 0.2) is 84.9 Å². The summed E-state index contributed by atoms with van der Waals surface area (Å²) in [5, 5.41) is 12.5. The Labute approximate surface area is 349 Å². The minimum absolute atomic E-state index is 0.0790. The summed E-state index contributed by atoms with van der Waals surface area (Å²) in [6.07, 6.45) is 8.50. The molecule has 308 valence electrons. The maximum atomic E-state index is 13.6. The number of hydrogen-bond acceptors (Lipinski definition) is 8. The quantitative estimate of drug-likeness (QED) is 0.200. The van der Waals surface area contributed by atoms with Gasteiger partial charge in [-0.3, -0.25) is 39.1 Å². The SMILES string of the molecule is O=C1CCC(N2C(=O)c3cc4c(cc3C2=O)CN(CC(=O)N2CCC3(CCC(Oc5ccc([C@@H]6c7ccc(O)cc7CC[C@@H]6c6ccccc6)cc5)CC3)CC2)C4)C(=O)N1. The second kappa shape index (κ2) is 15.3. The van der Waals surface area contributed by atoms with Gasteiger partial charge in [0, 0.05) is 38.5 Å². The van der Waals surface area contributed by atoms with Crippen LogP contribution in [-0.4, -0.2) is 81.1 Å². The smallest absolute Gasteiger partial charge is 0.262 e. The van der Waals surface area contributed by atoms with Gasteiger partial charge in [0.15, 0.2) is 0 Å². The fraction of sp³-hybridized carbons (Fsp3) is 0.408. The highest BCUT2D eigenvalue weighted by atomic mass is 16.5. The number of amides is 5. The molecule has 3 atom stereocenters. The van der Waals surface area contributed by atoms with E-state index in [1.165, 1.54) is 22.3 Å². The van der Waals surface area contributed by atoms with Crippen LogP contribution < -0.4 is 10.1 Å². The molecule has 2 aliphatic carbocycles. The number of carbonyl (C=O) groups excluding carboxylic acids is 5. The van der Waals surface area contributed by atoms with Gasteiger partial charge in [-0.2, -0.15) is 0 Å². The molecule has 3 fully saturated rings. The summed E-state index contributed by atoms with van der Waals surface area (Å²) in [4.78, 5) is 69.4. The number of carbonyl (C=O) groups is 5. The molecule has 1 spiro atoms. The molecule has 11 heteroatoms. The van der Waals surface area contributed by atoms with Gasteiger partial charge in [-0.15, -0.1) is 0 Å². The maximum absolute atomic E-state index is 13.6. The molecule has 0 bridgehead atoms. The first-order valence-electron chi connectivity index (χ1n) is 21.6. The lowest BCUT2D eigenvalue weighted by Gasteiger charge is -2.46. The Bertz CT molecular complexity index is 2330. The number of aryl methyl sites for hydroxylation is 1. The lowest BCUT2D eigenvalue weighted by Crippen LogP contribution is -2.54. The van der Waals surface area contributed by atoms with Gasteiger partial charge in [-0.25, -0.2) is 0 Å². The largest absolute Gasteiger partial charge is 0.508 e. The van der Waals surface area contributed by atoms with Crippen molar-refractivity contribution in [2.24, 2.45) is 5.41 Å². The van der Waals surface area contributed by atoms with Gasteiger partial charge < -0.3 is 14.7 Å². The van der Waals surface area contributed by atoms with Crippen molar-refractivity contribution in [1.82, 2.24) is 20.0 Å². The summed E-state index contributed by atoms with van der Waals surface area (Å²) in [5.41, 5.74) is 7.73. The summed E-state index contributed by atoms with van der Waals surface area (Å²) in [6.45, 7) is 2.77. The van der Waals surface area contributed by atoms with Crippen molar-refractivity contribution in [2.45, 2.75) is 101 Å². The fourth-order valence-corrected chi connectivity index (χ4v) is 11.1. The van der Waals surface area contributed by atoms with Crippen LogP contribution in [0.25, 0.3) is 0 Å². The summed E-state index contributed by atoms with van der Waals surface area (Å²) in [5.74, 6) is -0.166. The van der Waals surface area contributed by atoms with Crippen molar-refractivity contribution in [1.29, 1.82) is 0 Å². The predicted molar refractivity (Wildman–Crippen MR) is 222 cm³/mol. The highest BCUT2D eigenvalue weighted by Gasteiger charge is 2.46. The monoisotopic (exact) mass is 806 g/mol. The lowest BCUT2D eigenvalue weighted by molar-refractivity contribution is -0.137. The highest BCUT2D eigenvalue weighted by Crippen LogP contribution is 2.48. The van der Waals surface area contributed by atoms with Crippen molar-refractivity contribution in [2.75, 3.05) is 19.6 Å². The Morgan fingerprint density at radius 1 is 0.733 bits per heavy atom. The van der Waals surface area contributed by atoms with E-state index in [-0.39, 0.29) is 53.9 Å². The van der Waals surface area contributed by atoms with E-state index in [4.69, 9.17) is 4.74 Å². The van der Waals surface area contributed by atoms with E-state index in [0.29, 0.717) is 24.8 Å². The Hall–Kier alpha value is -5.81. The van der Waals surface area contributed by atoms with Crippen LogP contribution in [0.4, 0.5) is 0 Å². The Morgan fingerprint density at radius 2 is 1.42 bits per heavy atom. The van der Waals surface area contributed by atoms with Crippen molar-refractivity contribution in [3.05, 3.63) is 129 Å². The van der Waals surface area contributed by atoms with Crippen molar-refractivity contribution >= 4 is 29.5 Å². The Kier molecular flexibility index (Phi) is 9.82. The van der Waals surface area contributed by atoms with Gasteiger partial charge in [0.1, 0.15) is 17.5 Å². The maximum Gasteiger partial charge on any atom is 0.262 e. The molecule has 4 aromatic carbocycles. The molecule has 60 heavy (non-hydrogen) atoms. The molecule has 0 aromatic heterocycles. The molecule has 0 radical (unpaired) electrons. The van der Waals surface area contributed by atoms with E-state index in [1.54, 1.807) is 12.1 Å². The first kappa shape index (κ1) is 38.4. The molecule has 2 saturated heterocycles. The number of imide groups is 2. The molecule has 11 nitrogen and oxygen atoms in total. The Balaban J connectivity index is 0.711. The van der Waals surface area contributed by atoms with Crippen molar-refractivity contribution < 1.29 is 33.8 Å². The fourth-order valence-electron chi connectivity index (χ4n) is 11.1. The molecule has 4 aliphatic heterocycles. The predicted octanol–water partition coefficient (Wildman–Crippen LogP) is 6.60. The van der Waals surface area contributed by atoms with Crippen molar-refractivity contribution in [3.8, 4) is 11.5 Å². The van der Waals surface area contributed by atoms with Gasteiger partial charge in [0.2, 0.25) is 17.7 Å². The van der Waals surface area contributed by atoms with Crippen LogP contribution >= 0.6 is 0 Å². The van der Waals surface area contributed by atoms with E-state index in [1.807, 2.05) is 17.0 Å². The van der Waals surface area contributed by atoms with Crippen LogP contribution in [-0.2, 0) is 33.9 Å². The minimum Gasteiger partial charge on any atom is -0.508 e. The Morgan fingerprint density at radius 3 is 2.08 bits per heavy atom. The average molecular weight is 807 g/mol. The number of fused-ring (bicyclic) bond motifs is 3. The topological polar surface area (TPSA) is 137 Å². The number of piperidine rings is 2. The molecule has 4 aromatic rings. The van der Waals surface area contributed by atoms with Crippen LogP contribution in [0.2, 0.25) is 0 Å². The lowest BCUT2D eigenvalue weighted by atomic mass is 9.67. The third-order valence-electron chi connectivity index (χ3n) is 14.4. The van der Waals surface area contributed by atoms with E-state index in [0.717, 1.165) is 86.2 Å². The highest BCUT2D eigenvalue weighted by molar-refractivity contribution is 6.23. The molecule has 4 heterocycles. The van der Waals surface area contributed by atoms with E-state index in [2.05, 4.69) is 70.9 Å². The number of ether oxygens (including phenoxy) is 1. The second-order valence-corrected chi connectivity index (χ2v) is 17.9. The molecule has 2 N–H and O–H groups in total. The molecule has 1 saturated carbocycles. The number of likely N-dealkylation sites (tertiary alicyclic amines) is 1. The third kappa shape index (κ3) is 7.06. The van der Waals surface area contributed by atoms with Crippen LogP contribution in [0.5, 0.6) is 11.5 Å². The standard InChI is InChI=1S/C49H50N4O7/c54-35-9-13-39-32(24-35)8-12-38(30-4-2-1-3-5-30)45(39)31-6-10-36(11-7-31)60-37-16-18-49(19-17-37)20-22-52(23-21-49)44(56)29-51-27-33-25-40-41(26-34(33)28-51)48(59)53(47(40)58)42-14-15-43(55)50-46(42)57/h1-7,9-11,13,24-26,37-38,42,45,54H,8,12,14-23,27-29H2,(H,50,55,57)/t38-,42?,45+/m1/s1. The molecular formula is C49H50N4O7. The molecule has 10 rings (SSSR count). The van der Waals surface area contributed by atoms with Crippen LogP contribution in [0, 0.1) is 5.41 Å². The average Bonchev–Trinajstić information content (AvgIpc) is 3.76. The summed E-state index contributed by atoms with van der Waals surface area (Å²) < 4.78 is 6.60. The van der Waals surface area contributed by atoms with E-state index < -0.39 is 29.7 Å². The third-order valence-corrected chi connectivity index (χ3v) is 14.4. The summed E-state index contributed by atoms with van der Waals surface area (Å²) >= 11 is 0. The summed E-state index contributed by atoms with van der Waals surface area (Å²) in [7, 11) is 0. The van der Waals surface area contributed by atoms with Gasteiger partial charge in [0.25, 0.3) is 11.8 Å². The normalized spacial score (nSPS) is 24.0. The van der Waals surface area contributed by atoms with Crippen molar-refractivity contribution in [3.63, 3.8) is 0 Å². The molecule has 5 amide bonds. The van der Waals surface area contributed by atoms with E-state index in [9.17, 15) is 29.1 Å². The second-order valence-electron chi connectivity index (χ2n) is 17.9. The van der Waals surface area contributed by atoms with Crippen LogP contribution in [0.1, 0.15) is 124 Å². The number of hydrogen-bond donors (Lipinski definition) is 2. The van der Waals surface area contributed by atoms with Gasteiger partial charge in [-0.1, -0.05) is 48.5 Å². The molecule has 1 unspecified atom stereocenters. The van der Waals surface area contributed by atoms with Gasteiger partial charge in [0.05, 0.1) is 23.8 Å². The molecular weight excluding hydrogens is 757 g/mol. The van der Waals surface area contributed by atoms with Gasteiger partial charge in [-0.05, 0) is 139 Å². The first-order valence-corrected chi connectivity index (χ1v) is 21.6. The number of rotatable bonds is 7. The minimum atomic E-state index is -0.992. The number of benzene rings is 4.